The van der Waals surface area contributed by atoms with Crippen LogP contribution in [0.15, 0.2) is 16.5 Å². The van der Waals surface area contributed by atoms with Crippen LogP contribution in [0.4, 0.5) is 4.79 Å². The zero-order valence-electron chi connectivity index (χ0n) is 14.9. The van der Waals surface area contributed by atoms with E-state index in [2.05, 4.69) is 27.9 Å². The first kappa shape index (κ1) is 19.5. The average molecular weight is 450 g/mol. The number of nitrogens with zero attached hydrogens (tertiary/aromatic N) is 1. The molecule has 136 valence electrons. The highest BCUT2D eigenvalue weighted by molar-refractivity contribution is 14.1. The van der Waals surface area contributed by atoms with Crippen molar-refractivity contribution >= 4 is 28.7 Å². The minimum Gasteiger partial charge on any atom is -0.454 e. The van der Waals surface area contributed by atoms with Gasteiger partial charge in [0.1, 0.15) is 11.4 Å². The van der Waals surface area contributed by atoms with E-state index in [4.69, 9.17) is 13.9 Å². The van der Waals surface area contributed by atoms with Gasteiger partial charge in [-0.15, -0.1) is 0 Å². The molecular formula is C17H27IN2O4. The minimum absolute atomic E-state index is 0.245. The third-order valence-corrected chi connectivity index (χ3v) is 4.71. The van der Waals surface area contributed by atoms with Crippen LogP contribution in [0.25, 0.3) is 0 Å². The number of carbonyl (C=O) groups is 1. The van der Waals surface area contributed by atoms with Crippen LogP contribution in [0.3, 0.4) is 0 Å². The zero-order valence-corrected chi connectivity index (χ0v) is 17.0. The third-order valence-electron chi connectivity index (χ3n) is 4.13. The summed E-state index contributed by atoms with van der Waals surface area (Å²) in [4.78, 5) is 13.9. The van der Waals surface area contributed by atoms with Crippen molar-refractivity contribution in [3.05, 3.63) is 21.7 Å². The summed E-state index contributed by atoms with van der Waals surface area (Å²) in [6.45, 7) is 8.33. The van der Waals surface area contributed by atoms with Crippen molar-refractivity contribution in [1.29, 1.82) is 0 Å². The zero-order chi connectivity index (χ0) is 17.8. The molecule has 1 fully saturated rings. The van der Waals surface area contributed by atoms with Crippen LogP contribution in [-0.2, 0) is 16.0 Å². The molecule has 0 aromatic carbocycles. The van der Waals surface area contributed by atoms with Gasteiger partial charge < -0.3 is 24.1 Å². The van der Waals surface area contributed by atoms with E-state index in [9.17, 15) is 4.79 Å². The number of methoxy groups -OCH3 is 1. The molecule has 2 rings (SSSR count). The van der Waals surface area contributed by atoms with E-state index in [1.54, 1.807) is 12.0 Å². The Labute approximate surface area is 157 Å². The monoisotopic (exact) mass is 450 g/mol. The molecule has 1 aliphatic rings. The summed E-state index contributed by atoms with van der Waals surface area (Å²) in [5.74, 6) is 0.914. The number of likely N-dealkylation sites (tertiary alicyclic amines) is 1. The second-order valence-electron chi connectivity index (χ2n) is 7.16. The Bertz CT molecular complexity index is 545. The molecule has 0 bridgehead atoms. The van der Waals surface area contributed by atoms with Gasteiger partial charge in [0.25, 0.3) is 0 Å². The number of carbonyl (C=O) groups excluding carboxylic acids is 1. The molecule has 0 radical (unpaired) electrons. The number of piperidine rings is 1. The van der Waals surface area contributed by atoms with Gasteiger partial charge in [-0.25, -0.2) is 4.79 Å². The number of ether oxygens (including phenoxy) is 2. The van der Waals surface area contributed by atoms with Gasteiger partial charge >= 0.3 is 6.09 Å². The van der Waals surface area contributed by atoms with E-state index in [0.29, 0.717) is 19.6 Å². The summed E-state index contributed by atoms with van der Waals surface area (Å²) in [6.07, 6.45) is 1.32. The van der Waals surface area contributed by atoms with Crippen LogP contribution in [0, 0.1) is 3.77 Å². The smallest absolute Gasteiger partial charge is 0.410 e. The molecule has 1 aliphatic heterocycles. The maximum absolute atomic E-state index is 12.1. The van der Waals surface area contributed by atoms with E-state index in [-0.39, 0.29) is 11.7 Å². The first-order valence-electron chi connectivity index (χ1n) is 8.21. The highest BCUT2D eigenvalue weighted by atomic mass is 127. The Morgan fingerprint density at radius 3 is 2.54 bits per heavy atom. The molecule has 7 heteroatoms. The predicted molar refractivity (Wildman–Crippen MR) is 99.9 cm³/mol. The van der Waals surface area contributed by atoms with E-state index >= 15 is 0 Å². The van der Waals surface area contributed by atoms with Crippen molar-refractivity contribution in [3.63, 3.8) is 0 Å². The number of furan rings is 1. The maximum Gasteiger partial charge on any atom is 0.410 e. The summed E-state index contributed by atoms with van der Waals surface area (Å²) in [5, 5.41) is 3.40. The van der Waals surface area contributed by atoms with Gasteiger partial charge in [-0.2, -0.15) is 0 Å². The van der Waals surface area contributed by atoms with Crippen LogP contribution in [0.5, 0.6) is 0 Å². The van der Waals surface area contributed by atoms with Crippen LogP contribution in [0.2, 0.25) is 0 Å². The molecule has 1 aromatic rings. The molecule has 0 aliphatic carbocycles. The van der Waals surface area contributed by atoms with Crippen molar-refractivity contribution in [2.75, 3.05) is 26.7 Å². The lowest BCUT2D eigenvalue weighted by Crippen LogP contribution is -2.53. The number of halogens is 1. The maximum atomic E-state index is 12.1. The quantitative estimate of drug-likeness (QED) is 0.697. The predicted octanol–water partition coefficient (Wildman–Crippen LogP) is 3.39. The van der Waals surface area contributed by atoms with Gasteiger partial charge in [0.15, 0.2) is 3.77 Å². The summed E-state index contributed by atoms with van der Waals surface area (Å²) in [5.41, 5.74) is -0.715. The molecule has 1 amide bonds. The highest BCUT2D eigenvalue weighted by Crippen LogP contribution is 2.26. The molecule has 1 N–H and O–H groups in total. The molecule has 24 heavy (non-hydrogen) atoms. The summed E-state index contributed by atoms with van der Waals surface area (Å²) >= 11 is 2.15. The molecule has 1 saturated heterocycles. The largest absolute Gasteiger partial charge is 0.454 e. The number of rotatable bonds is 5. The third kappa shape index (κ3) is 5.63. The number of hydrogen-bond donors (Lipinski definition) is 1. The Balaban J connectivity index is 1.81. The fourth-order valence-electron chi connectivity index (χ4n) is 2.74. The molecular weight excluding hydrogens is 423 g/mol. The van der Waals surface area contributed by atoms with Crippen molar-refractivity contribution in [3.8, 4) is 0 Å². The standard InChI is InChI=1S/C17H27IN2O4/c1-16(2,3)24-15(21)20-9-7-17(22-4,8-10-20)12-19-11-13-5-6-14(18)23-13/h5-6,19H,7-12H2,1-4H3. The molecule has 0 unspecified atom stereocenters. The number of hydrogen-bond acceptors (Lipinski definition) is 5. The number of nitrogens with one attached hydrogen (secondary N) is 1. The molecule has 0 atom stereocenters. The average Bonchev–Trinajstić information content (AvgIpc) is 2.91. The van der Waals surface area contributed by atoms with Gasteiger partial charge in [-0.3, -0.25) is 0 Å². The fourth-order valence-corrected chi connectivity index (χ4v) is 3.20. The van der Waals surface area contributed by atoms with Crippen molar-refractivity contribution < 1.29 is 18.7 Å². The van der Waals surface area contributed by atoms with Crippen LogP contribution in [0.1, 0.15) is 39.4 Å². The molecule has 1 aromatic heterocycles. The van der Waals surface area contributed by atoms with Gasteiger partial charge in [-0.1, -0.05) is 0 Å². The minimum atomic E-state index is -0.463. The SMILES string of the molecule is COC1(CNCc2ccc(I)o2)CCN(C(=O)OC(C)(C)C)CC1. The molecule has 2 heterocycles. The lowest BCUT2D eigenvalue weighted by molar-refractivity contribution is -0.0589. The Morgan fingerprint density at radius 1 is 1.38 bits per heavy atom. The fraction of sp³-hybridized carbons (Fsp3) is 0.706. The summed E-state index contributed by atoms with van der Waals surface area (Å²) in [7, 11) is 1.74. The van der Waals surface area contributed by atoms with E-state index in [1.165, 1.54) is 0 Å². The summed E-state index contributed by atoms with van der Waals surface area (Å²) in [6, 6.07) is 3.92. The van der Waals surface area contributed by atoms with Gasteiger partial charge in [0.2, 0.25) is 0 Å². The summed E-state index contributed by atoms with van der Waals surface area (Å²) < 4.78 is 17.6. The molecule has 0 saturated carbocycles. The van der Waals surface area contributed by atoms with Crippen molar-refractivity contribution in [2.45, 2.75) is 51.4 Å². The second-order valence-corrected chi connectivity index (χ2v) is 8.23. The lowest BCUT2D eigenvalue weighted by Gasteiger charge is -2.41. The van der Waals surface area contributed by atoms with Crippen molar-refractivity contribution in [1.82, 2.24) is 10.2 Å². The normalized spacial score (nSPS) is 17.8. The molecule has 0 spiro atoms. The highest BCUT2D eigenvalue weighted by Gasteiger charge is 2.37. The Kier molecular flexibility index (Phi) is 6.55. The van der Waals surface area contributed by atoms with Gasteiger partial charge in [0.05, 0.1) is 12.1 Å². The first-order valence-corrected chi connectivity index (χ1v) is 9.29. The second kappa shape index (κ2) is 8.05. The number of amides is 1. The molecule has 6 nitrogen and oxygen atoms in total. The van der Waals surface area contributed by atoms with Crippen LogP contribution >= 0.6 is 22.6 Å². The van der Waals surface area contributed by atoms with Crippen LogP contribution in [-0.4, -0.2) is 48.9 Å². The van der Waals surface area contributed by atoms with E-state index in [1.807, 2.05) is 32.9 Å². The van der Waals surface area contributed by atoms with E-state index in [0.717, 1.165) is 28.9 Å². The lowest BCUT2D eigenvalue weighted by atomic mass is 9.91. The Morgan fingerprint density at radius 2 is 2.04 bits per heavy atom. The Hall–Kier alpha value is -0.800. The topological polar surface area (TPSA) is 63.9 Å². The van der Waals surface area contributed by atoms with E-state index < -0.39 is 5.60 Å². The first-order chi connectivity index (χ1) is 11.2. The van der Waals surface area contributed by atoms with Crippen LogP contribution < -0.4 is 5.32 Å². The van der Waals surface area contributed by atoms with Crippen molar-refractivity contribution in [2.24, 2.45) is 0 Å². The van der Waals surface area contributed by atoms with Gasteiger partial charge in [0, 0.05) is 26.7 Å². The van der Waals surface area contributed by atoms with Gasteiger partial charge in [-0.05, 0) is 68.3 Å².